The molecular weight excluding hydrogens is 390 g/mol. The minimum atomic E-state index is -0.607. The molecule has 5 nitrogen and oxygen atoms in total. The van der Waals surface area contributed by atoms with Gasteiger partial charge in [0.15, 0.2) is 12.4 Å². The number of Topliss-reactive ketones (excluding diaryl/α,β-unsaturated/α-hetero) is 1. The van der Waals surface area contributed by atoms with Crippen molar-refractivity contribution in [3.63, 3.8) is 0 Å². The van der Waals surface area contributed by atoms with Crippen LogP contribution in [0.1, 0.15) is 48.5 Å². The molecule has 0 aliphatic heterocycles. The Morgan fingerprint density at radius 1 is 1.00 bits per heavy atom. The molecule has 0 bridgehead atoms. The lowest BCUT2D eigenvalue weighted by Crippen LogP contribution is -2.13. The fourth-order valence-electron chi connectivity index (χ4n) is 2.50. The van der Waals surface area contributed by atoms with Crippen molar-refractivity contribution in [1.82, 2.24) is 0 Å². The monoisotopic (exact) mass is 413 g/mol. The van der Waals surface area contributed by atoms with E-state index in [0.717, 1.165) is 24.8 Å². The van der Waals surface area contributed by atoms with Gasteiger partial charge in [0.05, 0.1) is 0 Å². The number of anilines is 1. The number of rotatable bonds is 10. The smallest absolute Gasteiger partial charge is 0.331 e. The number of carbonyl (C=O) groups is 3. The number of benzene rings is 2. The zero-order valence-corrected chi connectivity index (χ0v) is 17.1. The van der Waals surface area contributed by atoms with E-state index < -0.39 is 5.97 Å². The number of hydrogen-bond acceptors (Lipinski definition) is 4. The van der Waals surface area contributed by atoms with Gasteiger partial charge < -0.3 is 10.1 Å². The Morgan fingerprint density at radius 3 is 2.34 bits per heavy atom. The van der Waals surface area contributed by atoms with Gasteiger partial charge in [0.1, 0.15) is 0 Å². The number of halogens is 1. The highest BCUT2D eigenvalue weighted by atomic mass is 35.5. The summed E-state index contributed by atoms with van der Waals surface area (Å²) in [5.74, 6) is -0.970. The topological polar surface area (TPSA) is 72.5 Å². The third-order valence-corrected chi connectivity index (χ3v) is 4.38. The van der Waals surface area contributed by atoms with Crippen LogP contribution in [-0.2, 0) is 14.3 Å². The van der Waals surface area contributed by atoms with Crippen molar-refractivity contribution in [3.05, 3.63) is 70.8 Å². The van der Waals surface area contributed by atoms with Crippen molar-refractivity contribution >= 4 is 41.0 Å². The molecule has 0 atom stereocenters. The first-order valence-corrected chi connectivity index (χ1v) is 9.89. The van der Waals surface area contributed by atoms with Gasteiger partial charge in [-0.1, -0.05) is 43.5 Å². The lowest BCUT2D eigenvalue weighted by Gasteiger charge is -2.06. The Bertz CT molecular complexity index is 857. The predicted octanol–water partition coefficient (Wildman–Crippen LogP) is 5.30. The van der Waals surface area contributed by atoms with Gasteiger partial charge in [-0.15, -0.1) is 0 Å². The van der Waals surface area contributed by atoms with Crippen LogP contribution in [0.4, 0.5) is 5.69 Å². The van der Waals surface area contributed by atoms with Crippen LogP contribution in [0.15, 0.2) is 54.6 Å². The molecule has 6 heteroatoms. The zero-order chi connectivity index (χ0) is 21.1. The van der Waals surface area contributed by atoms with Crippen molar-refractivity contribution in [2.75, 3.05) is 11.9 Å². The van der Waals surface area contributed by atoms with Crippen molar-refractivity contribution in [2.24, 2.45) is 0 Å². The van der Waals surface area contributed by atoms with Crippen LogP contribution in [0.25, 0.3) is 6.08 Å². The van der Waals surface area contributed by atoms with E-state index in [9.17, 15) is 14.4 Å². The first-order chi connectivity index (χ1) is 14.0. The molecule has 29 heavy (non-hydrogen) atoms. The van der Waals surface area contributed by atoms with Gasteiger partial charge in [-0.05, 0) is 54.5 Å². The van der Waals surface area contributed by atoms with Crippen molar-refractivity contribution in [3.8, 4) is 0 Å². The maximum atomic E-state index is 12.2. The van der Waals surface area contributed by atoms with Crippen molar-refractivity contribution in [1.29, 1.82) is 0 Å². The third kappa shape index (κ3) is 8.32. The quantitative estimate of drug-likeness (QED) is 0.248. The minimum absolute atomic E-state index is 0.0427. The maximum absolute atomic E-state index is 12.2. The second-order valence-corrected chi connectivity index (χ2v) is 6.93. The summed E-state index contributed by atoms with van der Waals surface area (Å²) in [6.07, 6.45) is 6.26. The molecule has 0 fully saturated rings. The maximum Gasteiger partial charge on any atom is 0.331 e. The van der Waals surface area contributed by atoms with Gasteiger partial charge in [0.2, 0.25) is 5.91 Å². The van der Waals surface area contributed by atoms with Gasteiger partial charge >= 0.3 is 5.97 Å². The first kappa shape index (κ1) is 22.4. The van der Waals surface area contributed by atoms with Crippen LogP contribution < -0.4 is 5.32 Å². The molecule has 0 aliphatic rings. The van der Waals surface area contributed by atoms with E-state index in [4.69, 9.17) is 16.3 Å². The Morgan fingerprint density at radius 2 is 1.69 bits per heavy atom. The SMILES string of the molecule is CCCCCC(=O)Nc1ccc(C(=O)COC(=O)/C=C/c2ccc(Cl)cc2)cc1. The first-order valence-electron chi connectivity index (χ1n) is 9.51. The minimum Gasteiger partial charge on any atom is -0.454 e. The van der Waals surface area contributed by atoms with Crippen LogP contribution in [-0.4, -0.2) is 24.3 Å². The third-order valence-electron chi connectivity index (χ3n) is 4.13. The Balaban J connectivity index is 1.79. The number of ketones is 1. The molecule has 2 aromatic rings. The van der Waals surface area contributed by atoms with Gasteiger partial charge in [0, 0.05) is 28.8 Å². The summed E-state index contributed by atoms with van der Waals surface area (Å²) in [7, 11) is 0. The number of nitrogens with one attached hydrogen (secondary N) is 1. The molecule has 2 aromatic carbocycles. The second-order valence-electron chi connectivity index (χ2n) is 6.50. The molecule has 0 heterocycles. The zero-order valence-electron chi connectivity index (χ0n) is 16.3. The highest BCUT2D eigenvalue weighted by Crippen LogP contribution is 2.12. The Labute approximate surface area is 175 Å². The molecule has 1 amide bonds. The summed E-state index contributed by atoms with van der Waals surface area (Å²) >= 11 is 5.80. The molecule has 152 valence electrons. The van der Waals surface area contributed by atoms with E-state index in [1.165, 1.54) is 6.08 Å². The van der Waals surface area contributed by atoms with Crippen LogP contribution in [0.5, 0.6) is 0 Å². The van der Waals surface area contributed by atoms with Crippen LogP contribution in [0.2, 0.25) is 5.02 Å². The van der Waals surface area contributed by atoms with E-state index in [1.807, 2.05) is 0 Å². The highest BCUT2D eigenvalue weighted by molar-refractivity contribution is 6.30. The number of ether oxygens (including phenoxy) is 1. The molecule has 0 aliphatic carbocycles. The summed E-state index contributed by atoms with van der Waals surface area (Å²) in [6, 6.07) is 13.5. The molecule has 1 N–H and O–H groups in total. The number of hydrogen-bond donors (Lipinski definition) is 1. The molecule has 2 rings (SSSR count). The molecule has 0 saturated heterocycles. The van der Waals surface area contributed by atoms with Gasteiger partial charge in [0.25, 0.3) is 0 Å². The molecule has 0 aromatic heterocycles. The lowest BCUT2D eigenvalue weighted by molar-refractivity contribution is -0.136. The van der Waals surface area contributed by atoms with Crippen molar-refractivity contribution < 1.29 is 19.1 Å². The van der Waals surface area contributed by atoms with E-state index in [2.05, 4.69) is 12.2 Å². The van der Waals surface area contributed by atoms with E-state index in [-0.39, 0.29) is 18.3 Å². The van der Waals surface area contributed by atoms with E-state index >= 15 is 0 Å². The molecule has 0 radical (unpaired) electrons. The predicted molar refractivity (Wildman–Crippen MR) is 115 cm³/mol. The summed E-state index contributed by atoms with van der Waals surface area (Å²) in [4.78, 5) is 35.7. The van der Waals surface area contributed by atoms with E-state index in [0.29, 0.717) is 22.7 Å². The number of esters is 1. The summed E-state index contributed by atoms with van der Waals surface area (Å²) in [5, 5.41) is 3.41. The largest absolute Gasteiger partial charge is 0.454 e. The summed E-state index contributed by atoms with van der Waals surface area (Å²) in [5.41, 5.74) is 1.83. The van der Waals surface area contributed by atoms with Gasteiger partial charge in [-0.25, -0.2) is 4.79 Å². The molecule has 0 spiro atoms. The second kappa shape index (κ2) is 11.8. The van der Waals surface area contributed by atoms with Crippen LogP contribution in [0.3, 0.4) is 0 Å². The average Bonchev–Trinajstić information content (AvgIpc) is 2.72. The number of carbonyl (C=O) groups excluding carboxylic acids is 3. The van der Waals surface area contributed by atoms with E-state index in [1.54, 1.807) is 54.6 Å². The fraction of sp³-hybridized carbons (Fsp3) is 0.261. The Kier molecular flexibility index (Phi) is 9.12. The van der Waals surface area contributed by atoms with Gasteiger partial charge in [-0.2, -0.15) is 0 Å². The lowest BCUT2D eigenvalue weighted by atomic mass is 10.1. The summed E-state index contributed by atoms with van der Waals surface area (Å²) in [6.45, 7) is 1.73. The van der Waals surface area contributed by atoms with Crippen LogP contribution >= 0.6 is 11.6 Å². The number of amides is 1. The van der Waals surface area contributed by atoms with Gasteiger partial charge in [-0.3, -0.25) is 9.59 Å². The normalized spacial score (nSPS) is 10.7. The molecule has 0 saturated carbocycles. The Hall–Kier alpha value is -2.92. The van der Waals surface area contributed by atoms with Crippen molar-refractivity contribution in [2.45, 2.75) is 32.6 Å². The average molecular weight is 414 g/mol. The number of unbranched alkanes of at least 4 members (excludes halogenated alkanes) is 2. The standard InChI is InChI=1S/C23H24ClNO4/c1-2-3-4-5-22(27)25-20-13-9-18(10-14-20)21(26)16-29-23(28)15-8-17-6-11-19(24)12-7-17/h6-15H,2-5,16H2,1H3,(H,25,27)/b15-8+. The fourth-order valence-corrected chi connectivity index (χ4v) is 2.63. The highest BCUT2D eigenvalue weighted by Gasteiger charge is 2.09. The van der Waals surface area contributed by atoms with Crippen LogP contribution in [0, 0.1) is 0 Å². The molecule has 0 unspecified atom stereocenters. The molecular formula is C23H24ClNO4. The summed E-state index contributed by atoms with van der Waals surface area (Å²) < 4.78 is 4.98.